The van der Waals surface area contributed by atoms with Crippen LogP contribution in [-0.2, 0) is 7.05 Å². The van der Waals surface area contributed by atoms with E-state index in [1.165, 1.54) is 12.1 Å². The molecule has 0 bridgehead atoms. The summed E-state index contributed by atoms with van der Waals surface area (Å²) in [5.74, 6) is -0.542. The molecule has 1 heterocycles. The molecule has 0 aliphatic rings. The maximum absolute atomic E-state index is 13.2. The summed E-state index contributed by atoms with van der Waals surface area (Å²) in [5, 5.41) is 6.93. The van der Waals surface area contributed by atoms with E-state index in [1.54, 1.807) is 29.9 Å². The van der Waals surface area contributed by atoms with Gasteiger partial charge in [-0.05, 0) is 32.0 Å². The van der Waals surface area contributed by atoms with Crippen molar-refractivity contribution >= 4 is 5.91 Å². The number of carbonyl (C=O) groups excluding carboxylic acids is 1. The van der Waals surface area contributed by atoms with Crippen LogP contribution in [-0.4, -0.2) is 21.7 Å². The van der Waals surface area contributed by atoms with Gasteiger partial charge in [-0.1, -0.05) is 12.1 Å². The highest BCUT2D eigenvalue weighted by Gasteiger charge is 2.14. The molecule has 1 amide bonds. The Morgan fingerprint density at radius 2 is 2.11 bits per heavy atom. The number of aryl methyl sites for hydroxylation is 1. The van der Waals surface area contributed by atoms with E-state index in [4.69, 9.17) is 0 Å². The summed E-state index contributed by atoms with van der Waals surface area (Å²) >= 11 is 0. The average molecular weight is 261 g/mol. The van der Waals surface area contributed by atoms with Crippen LogP contribution in [0.25, 0.3) is 11.3 Å². The van der Waals surface area contributed by atoms with E-state index in [0.717, 1.165) is 0 Å². The Bertz CT molecular complexity index is 604. The largest absolute Gasteiger partial charge is 0.348 e. The van der Waals surface area contributed by atoms with E-state index in [0.29, 0.717) is 17.0 Å². The highest BCUT2D eigenvalue weighted by Crippen LogP contribution is 2.20. The minimum atomic E-state index is -0.313. The van der Waals surface area contributed by atoms with Crippen molar-refractivity contribution in [3.63, 3.8) is 0 Å². The first-order chi connectivity index (χ1) is 8.97. The summed E-state index contributed by atoms with van der Waals surface area (Å²) in [4.78, 5) is 11.9. The van der Waals surface area contributed by atoms with Gasteiger partial charge in [0.15, 0.2) is 5.69 Å². The van der Waals surface area contributed by atoms with Crippen LogP contribution in [0.5, 0.6) is 0 Å². The first kappa shape index (κ1) is 13.3. The highest BCUT2D eigenvalue weighted by atomic mass is 19.1. The predicted octanol–water partition coefficient (Wildman–Crippen LogP) is 2.36. The summed E-state index contributed by atoms with van der Waals surface area (Å²) in [6.45, 7) is 3.77. The number of aromatic nitrogens is 2. The molecule has 19 heavy (non-hydrogen) atoms. The van der Waals surface area contributed by atoms with Gasteiger partial charge in [-0.25, -0.2) is 4.39 Å². The fraction of sp³-hybridized carbons (Fsp3) is 0.286. The second-order valence-corrected chi connectivity index (χ2v) is 4.68. The minimum Gasteiger partial charge on any atom is -0.348 e. The van der Waals surface area contributed by atoms with E-state index in [9.17, 15) is 9.18 Å². The van der Waals surface area contributed by atoms with Gasteiger partial charge in [0.05, 0.1) is 5.69 Å². The van der Waals surface area contributed by atoms with Crippen molar-refractivity contribution in [3.8, 4) is 11.3 Å². The van der Waals surface area contributed by atoms with Gasteiger partial charge in [-0.3, -0.25) is 9.48 Å². The van der Waals surface area contributed by atoms with Crippen LogP contribution in [0, 0.1) is 5.82 Å². The lowest BCUT2D eigenvalue weighted by Crippen LogP contribution is -2.30. The van der Waals surface area contributed by atoms with Crippen molar-refractivity contribution in [1.29, 1.82) is 0 Å². The Hall–Kier alpha value is -2.17. The maximum Gasteiger partial charge on any atom is 0.271 e. The Morgan fingerprint density at radius 1 is 1.37 bits per heavy atom. The van der Waals surface area contributed by atoms with Crippen LogP contribution < -0.4 is 5.32 Å². The van der Waals surface area contributed by atoms with E-state index in [1.807, 2.05) is 13.8 Å². The Morgan fingerprint density at radius 3 is 2.74 bits per heavy atom. The molecule has 1 N–H and O–H groups in total. The number of halogens is 1. The van der Waals surface area contributed by atoms with Gasteiger partial charge in [0.2, 0.25) is 0 Å². The maximum atomic E-state index is 13.2. The number of hydrogen-bond acceptors (Lipinski definition) is 2. The van der Waals surface area contributed by atoms with Gasteiger partial charge < -0.3 is 5.32 Å². The molecule has 1 aromatic heterocycles. The second kappa shape index (κ2) is 5.22. The van der Waals surface area contributed by atoms with Crippen LogP contribution in [0.1, 0.15) is 24.3 Å². The van der Waals surface area contributed by atoms with Crippen LogP contribution in [0.15, 0.2) is 30.3 Å². The number of nitrogens with one attached hydrogen (secondary N) is 1. The lowest BCUT2D eigenvalue weighted by Gasteiger charge is -2.04. The van der Waals surface area contributed by atoms with Crippen molar-refractivity contribution < 1.29 is 9.18 Å². The molecule has 2 aromatic rings. The standard InChI is InChI=1S/C14H16FN3O/c1-9(2)16-14(19)12-8-13(18(3)17-12)10-5-4-6-11(15)7-10/h4-9H,1-3H3,(H,16,19). The quantitative estimate of drug-likeness (QED) is 0.922. The van der Waals surface area contributed by atoms with Crippen molar-refractivity contribution in [1.82, 2.24) is 15.1 Å². The zero-order valence-corrected chi connectivity index (χ0v) is 11.1. The molecular weight excluding hydrogens is 245 g/mol. The molecule has 0 aliphatic heterocycles. The number of carbonyl (C=O) groups is 1. The van der Waals surface area contributed by atoms with E-state index in [-0.39, 0.29) is 17.8 Å². The zero-order valence-electron chi connectivity index (χ0n) is 11.1. The SMILES string of the molecule is CC(C)NC(=O)c1cc(-c2cccc(F)c2)n(C)n1. The third kappa shape index (κ3) is 2.99. The van der Waals surface area contributed by atoms with Crippen LogP contribution in [0.4, 0.5) is 4.39 Å². The summed E-state index contributed by atoms with van der Waals surface area (Å²) in [5.41, 5.74) is 1.72. The molecule has 0 aliphatic carbocycles. The highest BCUT2D eigenvalue weighted by molar-refractivity contribution is 5.93. The molecule has 0 fully saturated rings. The summed E-state index contributed by atoms with van der Waals surface area (Å²) in [6.07, 6.45) is 0. The Kier molecular flexibility index (Phi) is 3.64. The summed E-state index contributed by atoms with van der Waals surface area (Å²) < 4.78 is 14.8. The Balaban J connectivity index is 2.34. The third-order valence-electron chi connectivity index (χ3n) is 2.65. The van der Waals surface area contributed by atoms with Gasteiger partial charge in [0, 0.05) is 18.7 Å². The van der Waals surface area contributed by atoms with E-state index >= 15 is 0 Å². The normalized spacial score (nSPS) is 10.8. The molecule has 1 aromatic carbocycles. The fourth-order valence-electron chi connectivity index (χ4n) is 1.83. The first-order valence-electron chi connectivity index (χ1n) is 6.08. The topological polar surface area (TPSA) is 46.9 Å². The predicted molar refractivity (Wildman–Crippen MR) is 71.2 cm³/mol. The minimum absolute atomic E-state index is 0.0483. The van der Waals surface area contributed by atoms with E-state index < -0.39 is 0 Å². The molecule has 0 radical (unpaired) electrons. The van der Waals surface area contributed by atoms with Crippen molar-refractivity contribution in [2.75, 3.05) is 0 Å². The monoisotopic (exact) mass is 261 g/mol. The zero-order chi connectivity index (χ0) is 14.0. The number of hydrogen-bond donors (Lipinski definition) is 1. The fourth-order valence-corrected chi connectivity index (χ4v) is 1.83. The summed E-state index contributed by atoms with van der Waals surface area (Å²) in [6, 6.07) is 7.92. The number of nitrogens with zero attached hydrogens (tertiary/aromatic N) is 2. The van der Waals surface area contributed by atoms with Crippen LogP contribution >= 0.6 is 0 Å². The van der Waals surface area contributed by atoms with Crippen molar-refractivity contribution in [3.05, 3.63) is 41.8 Å². The molecule has 0 saturated carbocycles. The molecule has 100 valence electrons. The second-order valence-electron chi connectivity index (χ2n) is 4.68. The van der Waals surface area contributed by atoms with Gasteiger partial charge in [-0.15, -0.1) is 0 Å². The lowest BCUT2D eigenvalue weighted by atomic mass is 10.1. The van der Waals surface area contributed by atoms with Gasteiger partial charge in [0.1, 0.15) is 5.82 Å². The molecule has 2 rings (SSSR count). The average Bonchev–Trinajstić information content (AvgIpc) is 2.70. The Labute approximate surface area is 111 Å². The lowest BCUT2D eigenvalue weighted by molar-refractivity contribution is 0.0937. The molecule has 0 unspecified atom stereocenters. The van der Waals surface area contributed by atoms with Crippen molar-refractivity contribution in [2.24, 2.45) is 7.05 Å². The van der Waals surface area contributed by atoms with Gasteiger partial charge >= 0.3 is 0 Å². The molecule has 0 spiro atoms. The summed E-state index contributed by atoms with van der Waals surface area (Å²) in [7, 11) is 1.73. The first-order valence-corrected chi connectivity index (χ1v) is 6.08. The van der Waals surface area contributed by atoms with E-state index in [2.05, 4.69) is 10.4 Å². The van der Waals surface area contributed by atoms with Gasteiger partial charge in [-0.2, -0.15) is 5.10 Å². The van der Waals surface area contributed by atoms with Crippen LogP contribution in [0.2, 0.25) is 0 Å². The molecule has 0 saturated heterocycles. The number of rotatable bonds is 3. The van der Waals surface area contributed by atoms with Gasteiger partial charge in [0.25, 0.3) is 5.91 Å². The smallest absolute Gasteiger partial charge is 0.271 e. The molecule has 5 heteroatoms. The molecular formula is C14H16FN3O. The van der Waals surface area contributed by atoms with Crippen molar-refractivity contribution in [2.45, 2.75) is 19.9 Å². The van der Waals surface area contributed by atoms with Crippen LogP contribution in [0.3, 0.4) is 0 Å². The number of benzene rings is 1. The molecule has 4 nitrogen and oxygen atoms in total. The molecule has 0 atom stereocenters. The number of amides is 1. The third-order valence-corrected chi connectivity index (χ3v) is 2.65.